The standard InChI is InChI=1S/C15H20Cl2N2O/c1-10-4-3-7-19(9-10)11(2)15(20)18-14-6-5-12(16)8-13(14)17/h5-6,8,10-11H,3-4,7,9H2,1-2H3,(H,18,20). The van der Waals surface area contributed by atoms with Gasteiger partial charge in [-0.25, -0.2) is 0 Å². The molecule has 110 valence electrons. The monoisotopic (exact) mass is 314 g/mol. The molecule has 1 aliphatic rings. The Hall–Kier alpha value is -0.770. The highest BCUT2D eigenvalue weighted by molar-refractivity contribution is 6.36. The van der Waals surface area contributed by atoms with E-state index >= 15 is 0 Å². The smallest absolute Gasteiger partial charge is 0.241 e. The molecule has 0 aliphatic carbocycles. The number of anilines is 1. The van der Waals surface area contributed by atoms with E-state index in [0.717, 1.165) is 19.5 Å². The average Bonchev–Trinajstić information content (AvgIpc) is 2.41. The minimum atomic E-state index is -0.149. The molecule has 1 aromatic carbocycles. The number of amides is 1. The summed E-state index contributed by atoms with van der Waals surface area (Å²) in [5.74, 6) is 0.626. The van der Waals surface area contributed by atoms with Crippen molar-refractivity contribution < 1.29 is 4.79 Å². The van der Waals surface area contributed by atoms with Gasteiger partial charge in [0.25, 0.3) is 0 Å². The number of carbonyl (C=O) groups excluding carboxylic acids is 1. The molecule has 1 fully saturated rings. The first kappa shape index (κ1) is 15.6. The summed E-state index contributed by atoms with van der Waals surface area (Å²) in [4.78, 5) is 14.5. The molecular weight excluding hydrogens is 295 g/mol. The van der Waals surface area contributed by atoms with Gasteiger partial charge >= 0.3 is 0 Å². The van der Waals surface area contributed by atoms with Crippen LogP contribution in [-0.2, 0) is 4.79 Å². The van der Waals surface area contributed by atoms with Gasteiger partial charge in [-0.05, 0) is 50.4 Å². The van der Waals surface area contributed by atoms with Crippen molar-refractivity contribution in [1.29, 1.82) is 0 Å². The molecule has 0 spiro atoms. The molecule has 2 unspecified atom stereocenters. The lowest BCUT2D eigenvalue weighted by Gasteiger charge is -2.34. The topological polar surface area (TPSA) is 32.3 Å². The maximum absolute atomic E-state index is 12.3. The van der Waals surface area contributed by atoms with Gasteiger partial charge in [0.1, 0.15) is 0 Å². The van der Waals surface area contributed by atoms with Crippen LogP contribution in [0.25, 0.3) is 0 Å². The number of benzene rings is 1. The van der Waals surface area contributed by atoms with E-state index in [-0.39, 0.29) is 11.9 Å². The molecular formula is C15H20Cl2N2O. The lowest BCUT2D eigenvalue weighted by molar-refractivity contribution is -0.121. The largest absolute Gasteiger partial charge is 0.323 e. The molecule has 1 aromatic rings. The zero-order valence-corrected chi connectivity index (χ0v) is 13.3. The number of carbonyl (C=O) groups is 1. The fourth-order valence-corrected chi connectivity index (χ4v) is 3.03. The zero-order valence-electron chi connectivity index (χ0n) is 11.8. The van der Waals surface area contributed by atoms with Gasteiger partial charge in [0.05, 0.1) is 16.8 Å². The van der Waals surface area contributed by atoms with Crippen LogP contribution in [0.15, 0.2) is 18.2 Å². The molecule has 1 aliphatic heterocycles. The van der Waals surface area contributed by atoms with Crippen molar-refractivity contribution in [2.75, 3.05) is 18.4 Å². The highest BCUT2D eigenvalue weighted by Crippen LogP contribution is 2.26. The van der Waals surface area contributed by atoms with Crippen LogP contribution in [0.1, 0.15) is 26.7 Å². The minimum Gasteiger partial charge on any atom is -0.323 e. The fraction of sp³-hybridized carbons (Fsp3) is 0.533. The van der Waals surface area contributed by atoms with E-state index in [0.29, 0.717) is 21.7 Å². The number of piperidine rings is 1. The van der Waals surface area contributed by atoms with E-state index < -0.39 is 0 Å². The quantitative estimate of drug-likeness (QED) is 0.912. The van der Waals surface area contributed by atoms with Gasteiger partial charge in [-0.2, -0.15) is 0 Å². The van der Waals surface area contributed by atoms with Crippen LogP contribution < -0.4 is 5.32 Å². The third kappa shape index (κ3) is 3.87. The number of likely N-dealkylation sites (tertiary alicyclic amines) is 1. The SMILES string of the molecule is CC1CCCN(C(C)C(=O)Nc2ccc(Cl)cc2Cl)C1. The number of hydrogen-bond donors (Lipinski definition) is 1. The highest BCUT2D eigenvalue weighted by atomic mass is 35.5. The summed E-state index contributed by atoms with van der Waals surface area (Å²) >= 11 is 11.9. The number of halogens is 2. The van der Waals surface area contributed by atoms with Crippen molar-refractivity contribution >= 4 is 34.8 Å². The lowest BCUT2D eigenvalue weighted by atomic mass is 9.99. The van der Waals surface area contributed by atoms with Crippen molar-refractivity contribution in [2.45, 2.75) is 32.7 Å². The first-order valence-electron chi connectivity index (χ1n) is 6.97. The summed E-state index contributed by atoms with van der Waals surface area (Å²) in [6.45, 7) is 6.13. The van der Waals surface area contributed by atoms with Gasteiger partial charge in [0.15, 0.2) is 0 Å². The molecule has 0 bridgehead atoms. The first-order chi connectivity index (χ1) is 9.47. The lowest BCUT2D eigenvalue weighted by Crippen LogP contribution is -2.46. The number of hydrogen-bond acceptors (Lipinski definition) is 2. The molecule has 0 radical (unpaired) electrons. The third-order valence-corrected chi connectivity index (χ3v) is 4.35. The Balaban J connectivity index is 2.00. The molecule has 5 heteroatoms. The van der Waals surface area contributed by atoms with E-state index in [1.165, 1.54) is 6.42 Å². The van der Waals surface area contributed by atoms with E-state index in [1.807, 2.05) is 6.92 Å². The van der Waals surface area contributed by atoms with Crippen LogP contribution in [-0.4, -0.2) is 29.9 Å². The Morgan fingerprint density at radius 2 is 2.20 bits per heavy atom. The molecule has 2 atom stereocenters. The van der Waals surface area contributed by atoms with Gasteiger partial charge in [0.2, 0.25) is 5.91 Å². The average molecular weight is 315 g/mol. The van der Waals surface area contributed by atoms with Crippen LogP contribution in [0, 0.1) is 5.92 Å². The maximum atomic E-state index is 12.3. The van der Waals surface area contributed by atoms with Crippen molar-refractivity contribution in [3.8, 4) is 0 Å². The van der Waals surface area contributed by atoms with Crippen LogP contribution in [0.4, 0.5) is 5.69 Å². The Bertz CT molecular complexity index is 493. The second-order valence-electron chi connectivity index (χ2n) is 5.53. The van der Waals surface area contributed by atoms with Crippen LogP contribution >= 0.6 is 23.2 Å². The molecule has 1 saturated heterocycles. The second kappa shape index (κ2) is 6.79. The first-order valence-corrected chi connectivity index (χ1v) is 7.73. The fourth-order valence-electron chi connectivity index (χ4n) is 2.57. The molecule has 3 nitrogen and oxygen atoms in total. The highest BCUT2D eigenvalue weighted by Gasteiger charge is 2.25. The summed E-state index contributed by atoms with van der Waals surface area (Å²) in [5, 5.41) is 3.90. The van der Waals surface area contributed by atoms with Gasteiger partial charge in [-0.15, -0.1) is 0 Å². The van der Waals surface area contributed by atoms with E-state index in [9.17, 15) is 4.79 Å². The molecule has 2 rings (SSSR count). The zero-order chi connectivity index (χ0) is 14.7. The summed E-state index contributed by atoms with van der Waals surface area (Å²) < 4.78 is 0. The van der Waals surface area contributed by atoms with Crippen molar-refractivity contribution in [1.82, 2.24) is 4.90 Å². The van der Waals surface area contributed by atoms with Crippen molar-refractivity contribution in [2.24, 2.45) is 5.92 Å². The summed E-state index contributed by atoms with van der Waals surface area (Å²) in [6.07, 6.45) is 2.40. The van der Waals surface area contributed by atoms with Gasteiger partial charge < -0.3 is 5.32 Å². The van der Waals surface area contributed by atoms with Gasteiger partial charge in [-0.1, -0.05) is 30.1 Å². The van der Waals surface area contributed by atoms with Crippen LogP contribution in [0.2, 0.25) is 10.0 Å². The molecule has 0 saturated carbocycles. The van der Waals surface area contributed by atoms with Gasteiger partial charge in [-0.3, -0.25) is 9.69 Å². The summed E-state index contributed by atoms with van der Waals surface area (Å²) in [6, 6.07) is 4.93. The number of rotatable bonds is 3. The molecule has 0 aromatic heterocycles. The molecule has 20 heavy (non-hydrogen) atoms. The second-order valence-corrected chi connectivity index (χ2v) is 6.38. The van der Waals surface area contributed by atoms with E-state index in [1.54, 1.807) is 18.2 Å². The molecule has 1 heterocycles. The Kier molecular flexibility index (Phi) is 5.30. The maximum Gasteiger partial charge on any atom is 0.241 e. The van der Waals surface area contributed by atoms with Crippen molar-refractivity contribution in [3.05, 3.63) is 28.2 Å². The van der Waals surface area contributed by atoms with Crippen molar-refractivity contribution in [3.63, 3.8) is 0 Å². The van der Waals surface area contributed by atoms with Crippen LogP contribution in [0.5, 0.6) is 0 Å². The van der Waals surface area contributed by atoms with E-state index in [2.05, 4.69) is 17.1 Å². The Labute approximate surface area is 130 Å². The predicted octanol–water partition coefficient (Wildman–Crippen LogP) is 4.05. The van der Waals surface area contributed by atoms with Gasteiger partial charge in [0, 0.05) is 11.6 Å². The minimum absolute atomic E-state index is 0.0247. The third-order valence-electron chi connectivity index (χ3n) is 3.80. The number of nitrogens with one attached hydrogen (secondary N) is 1. The number of nitrogens with zero attached hydrogens (tertiary/aromatic N) is 1. The van der Waals surface area contributed by atoms with E-state index in [4.69, 9.17) is 23.2 Å². The molecule has 1 N–H and O–H groups in total. The predicted molar refractivity (Wildman–Crippen MR) is 84.5 cm³/mol. The summed E-state index contributed by atoms with van der Waals surface area (Å²) in [5.41, 5.74) is 0.609. The van der Waals surface area contributed by atoms with Crippen LogP contribution in [0.3, 0.4) is 0 Å². The Morgan fingerprint density at radius 3 is 2.85 bits per heavy atom. The normalized spacial score (nSPS) is 21.5. The molecule has 1 amide bonds. The Morgan fingerprint density at radius 1 is 1.45 bits per heavy atom. The summed E-state index contributed by atoms with van der Waals surface area (Å²) in [7, 11) is 0.